The van der Waals surface area contributed by atoms with Crippen molar-refractivity contribution in [3.8, 4) is 0 Å². The molecule has 1 saturated carbocycles. The molecule has 2 aromatic rings. The topological polar surface area (TPSA) is 72.8 Å². The highest BCUT2D eigenvalue weighted by atomic mass is 16.6. The maximum atomic E-state index is 13.2. The quantitative estimate of drug-likeness (QED) is 0.398. The van der Waals surface area contributed by atoms with E-state index in [1.807, 2.05) is 60.7 Å². The van der Waals surface area contributed by atoms with Crippen LogP contribution in [-0.4, -0.2) is 23.1 Å². The summed E-state index contributed by atoms with van der Waals surface area (Å²) < 4.78 is 11.3. The van der Waals surface area contributed by atoms with Crippen molar-refractivity contribution in [2.45, 2.75) is 59.0 Å². The van der Waals surface area contributed by atoms with Gasteiger partial charge in [0.25, 0.3) is 0 Å². The van der Waals surface area contributed by atoms with Crippen LogP contribution in [-0.2, 0) is 32.3 Å². The Morgan fingerprint density at radius 3 is 2.19 bits per heavy atom. The Labute approximate surface area is 190 Å². The lowest BCUT2D eigenvalue weighted by Crippen LogP contribution is -2.40. The molecule has 0 saturated heterocycles. The fourth-order valence-electron chi connectivity index (χ4n) is 4.44. The number of carbonyl (C=O) groups excluding carboxylic acids is 2. The Bertz CT molecular complexity index is 849. The van der Waals surface area contributed by atoms with Gasteiger partial charge < -0.3 is 14.6 Å². The molecule has 0 aliphatic heterocycles. The van der Waals surface area contributed by atoms with Crippen LogP contribution in [0.4, 0.5) is 0 Å². The molecule has 0 radical (unpaired) electrons. The third-order valence-electron chi connectivity index (χ3n) is 6.24. The van der Waals surface area contributed by atoms with Crippen molar-refractivity contribution in [3.05, 3.63) is 71.8 Å². The zero-order valence-electron chi connectivity index (χ0n) is 19.0. The summed E-state index contributed by atoms with van der Waals surface area (Å²) in [7, 11) is 0. The van der Waals surface area contributed by atoms with E-state index in [1.165, 1.54) is 0 Å². The monoisotopic (exact) mass is 438 g/mol. The Balaban J connectivity index is 1.74. The van der Waals surface area contributed by atoms with Gasteiger partial charge in [-0.1, -0.05) is 80.9 Å². The van der Waals surface area contributed by atoms with Crippen LogP contribution < -0.4 is 0 Å². The molecule has 0 aromatic heterocycles. The average Bonchev–Trinajstić information content (AvgIpc) is 3.16. The minimum atomic E-state index is -1.34. The smallest absolute Gasteiger partial charge is 0.314 e. The van der Waals surface area contributed by atoms with Crippen LogP contribution in [0.15, 0.2) is 60.7 Å². The summed E-state index contributed by atoms with van der Waals surface area (Å²) in [6, 6.07) is 18.9. The molecule has 0 amide bonds. The van der Waals surface area contributed by atoms with Crippen molar-refractivity contribution in [3.63, 3.8) is 0 Å². The predicted molar refractivity (Wildman–Crippen MR) is 122 cm³/mol. The summed E-state index contributed by atoms with van der Waals surface area (Å²) in [4.78, 5) is 25.8. The summed E-state index contributed by atoms with van der Waals surface area (Å²) in [6.07, 6.45) is 1.28. The Morgan fingerprint density at radius 2 is 1.59 bits per heavy atom. The number of hydrogen-bond donors (Lipinski definition) is 1. The number of carbonyl (C=O) groups is 2. The molecule has 1 fully saturated rings. The first-order valence-corrected chi connectivity index (χ1v) is 11.5. The Hall–Kier alpha value is -2.50. The van der Waals surface area contributed by atoms with Gasteiger partial charge in [0.1, 0.15) is 18.3 Å². The summed E-state index contributed by atoms with van der Waals surface area (Å²) >= 11 is 0. The fourth-order valence-corrected chi connectivity index (χ4v) is 4.44. The van der Waals surface area contributed by atoms with E-state index in [1.54, 1.807) is 0 Å². The lowest BCUT2D eigenvalue weighted by atomic mass is 9.80. The summed E-state index contributed by atoms with van der Waals surface area (Å²) in [5, 5.41) is 10.9. The average molecular weight is 439 g/mol. The molecular weight excluding hydrogens is 404 g/mol. The molecule has 1 aliphatic rings. The number of aliphatic hydroxyl groups excluding tert-OH is 1. The van der Waals surface area contributed by atoms with Gasteiger partial charge in [-0.3, -0.25) is 9.59 Å². The number of ether oxygens (including phenoxy) is 2. The maximum absolute atomic E-state index is 13.2. The van der Waals surface area contributed by atoms with Crippen LogP contribution >= 0.6 is 0 Å². The molecule has 32 heavy (non-hydrogen) atoms. The lowest BCUT2D eigenvalue weighted by molar-refractivity contribution is -0.188. The SMILES string of the molecule is CC(C)CCC1C(=O)CCC1C(C(=O)OCc1ccccc1)C(O)OCc1ccccc1. The van der Waals surface area contributed by atoms with Crippen LogP contribution in [0.3, 0.4) is 0 Å². The third kappa shape index (κ3) is 6.75. The van der Waals surface area contributed by atoms with Gasteiger partial charge in [-0.15, -0.1) is 0 Å². The summed E-state index contributed by atoms with van der Waals surface area (Å²) in [5.41, 5.74) is 1.78. The third-order valence-corrected chi connectivity index (χ3v) is 6.24. The first-order chi connectivity index (χ1) is 15.5. The molecule has 172 valence electrons. The van der Waals surface area contributed by atoms with Gasteiger partial charge in [-0.2, -0.15) is 0 Å². The van der Waals surface area contributed by atoms with Crippen molar-refractivity contribution >= 4 is 11.8 Å². The van der Waals surface area contributed by atoms with Crippen LogP contribution in [0.1, 0.15) is 50.7 Å². The standard InChI is InChI=1S/C27H34O5/c1-19(2)13-14-22-23(15-16-24(22)28)25(26(29)31-17-20-9-5-3-6-10-20)27(30)32-18-21-11-7-4-8-12-21/h3-12,19,22-23,25-26,29H,13-18H2,1-2H3. The van der Waals surface area contributed by atoms with Gasteiger partial charge in [-0.25, -0.2) is 0 Å². The zero-order valence-corrected chi connectivity index (χ0v) is 19.0. The summed E-state index contributed by atoms with van der Waals surface area (Å²) in [5.74, 6) is -1.30. The number of hydrogen-bond acceptors (Lipinski definition) is 5. The fraction of sp³-hybridized carbons (Fsp3) is 0.481. The molecule has 1 N–H and O–H groups in total. The second kappa shape index (κ2) is 11.9. The number of ketones is 1. The second-order valence-corrected chi connectivity index (χ2v) is 9.05. The van der Waals surface area contributed by atoms with E-state index < -0.39 is 18.2 Å². The zero-order chi connectivity index (χ0) is 22.9. The Morgan fingerprint density at radius 1 is 1.00 bits per heavy atom. The second-order valence-electron chi connectivity index (χ2n) is 9.05. The molecule has 4 atom stereocenters. The van der Waals surface area contributed by atoms with Gasteiger partial charge in [0.2, 0.25) is 0 Å². The number of Topliss-reactive ketones (excluding diaryl/α,β-unsaturated/α-hetero) is 1. The van der Waals surface area contributed by atoms with Crippen molar-refractivity contribution in [1.29, 1.82) is 0 Å². The lowest BCUT2D eigenvalue weighted by Gasteiger charge is -2.30. The highest BCUT2D eigenvalue weighted by molar-refractivity contribution is 5.85. The van der Waals surface area contributed by atoms with Crippen molar-refractivity contribution in [2.24, 2.45) is 23.7 Å². The van der Waals surface area contributed by atoms with Gasteiger partial charge in [-0.05, 0) is 35.8 Å². The Kier molecular flexibility index (Phi) is 9.00. The predicted octanol–water partition coefficient (Wildman–Crippen LogP) is 4.91. The number of rotatable bonds is 11. The van der Waals surface area contributed by atoms with Gasteiger partial charge in [0, 0.05) is 12.3 Å². The van der Waals surface area contributed by atoms with E-state index in [0.29, 0.717) is 18.8 Å². The molecule has 5 heteroatoms. The maximum Gasteiger partial charge on any atom is 0.314 e. The normalized spacial score (nSPS) is 20.3. The van der Waals surface area contributed by atoms with Crippen molar-refractivity contribution < 1.29 is 24.2 Å². The van der Waals surface area contributed by atoms with E-state index in [4.69, 9.17) is 9.47 Å². The number of benzene rings is 2. The van der Waals surface area contributed by atoms with E-state index in [9.17, 15) is 14.7 Å². The van der Waals surface area contributed by atoms with E-state index >= 15 is 0 Å². The first-order valence-electron chi connectivity index (χ1n) is 11.5. The highest BCUT2D eigenvalue weighted by Gasteiger charge is 2.46. The largest absolute Gasteiger partial charge is 0.460 e. The van der Waals surface area contributed by atoms with E-state index in [-0.39, 0.29) is 30.8 Å². The summed E-state index contributed by atoms with van der Waals surface area (Å²) in [6.45, 7) is 4.55. The highest BCUT2D eigenvalue weighted by Crippen LogP contribution is 2.40. The minimum absolute atomic E-state index is 0.124. The molecule has 5 nitrogen and oxygen atoms in total. The molecule has 3 rings (SSSR count). The molecule has 0 bridgehead atoms. The molecule has 1 aliphatic carbocycles. The minimum Gasteiger partial charge on any atom is -0.460 e. The van der Waals surface area contributed by atoms with E-state index in [2.05, 4.69) is 13.8 Å². The molecule has 0 spiro atoms. The molecule has 0 heterocycles. The van der Waals surface area contributed by atoms with Gasteiger partial charge in [0.05, 0.1) is 6.61 Å². The van der Waals surface area contributed by atoms with Crippen LogP contribution in [0.2, 0.25) is 0 Å². The number of aliphatic hydroxyl groups is 1. The van der Waals surface area contributed by atoms with E-state index in [0.717, 1.165) is 24.0 Å². The van der Waals surface area contributed by atoms with Gasteiger partial charge in [0.15, 0.2) is 6.29 Å². The van der Waals surface area contributed by atoms with Crippen LogP contribution in [0, 0.1) is 23.7 Å². The van der Waals surface area contributed by atoms with Crippen molar-refractivity contribution in [2.75, 3.05) is 0 Å². The van der Waals surface area contributed by atoms with Crippen LogP contribution in [0.25, 0.3) is 0 Å². The molecular formula is C27H34O5. The number of esters is 1. The molecule has 4 unspecified atom stereocenters. The molecule has 2 aromatic carbocycles. The van der Waals surface area contributed by atoms with Crippen LogP contribution in [0.5, 0.6) is 0 Å². The first kappa shape index (κ1) is 24.1. The van der Waals surface area contributed by atoms with Crippen molar-refractivity contribution in [1.82, 2.24) is 0 Å². The van der Waals surface area contributed by atoms with Gasteiger partial charge >= 0.3 is 5.97 Å².